The van der Waals surface area contributed by atoms with Crippen molar-refractivity contribution in [3.63, 3.8) is 0 Å². The van der Waals surface area contributed by atoms with E-state index < -0.39 is 0 Å². The molecule has 0 bridgehead atoms. The molecule has 0 radical (unpaired) electrons. The molecule has 0 aliphatic rings. The van der Waals surface area contributed by atoms with Crippen molar-refractivity contribution in [3.05, 3.63) is 0 Å². The first-order valence-electron chi connectivity index (χ1n) is 6.14. The van der Waals surface area contributed by atoms with Crippen LogP contribution in [0, 0.1) is 0 Å². The number of hydrogen-bond donors (Lipinski definition) is 0. The van der Waals surface area contributed by atoms with Gasteiger partial charge in [0.2, 0.25) is 0 Å². The standard InChI is InChI=1S/2C6H15P.2HI.Ni/c2*1-4-7(5-2)6-3;;;/h2*4-6H2,1-3H3;2*1H;/q;;;;+2/p-2. The van der Waals surface area contributed by atoms with Crippen LogP contribution in [0.1, 0.15) is 41.5 Å². The van der Waals surface area contributed by atoms with Crippen LogP contribution < -0.4 is 48.0 Å². The summed E-state index contributed by atoms with van der Waals surface area (Å²) in [5, 5.41) is 0. The van der Waals surface area contributed by atoms with E-state index in [0.717, 1.165) is 0 Å². The molecule has 0 heterocycles. The van der Waals surface area contributed by atoms with Crippen LogP contribution in [0.25, 0.3) is 0 Å². The van der Waals surface area contributed by atoms with E-state index in [0.29, 0.717) is 15.8 Å². The Hall–Kier alpha value is 2.81. The second-order valence-corrected chi connectivity index (χ2v) is 9.72. The van der Waals surface area contributed by atoms with E-state index in [2.05, 4.69) is 41.5 Å². The molecule has 0 saturated carbocycles. The molecule has 0 fully saturated rings. The Bertz CT molecular complexity index is 77.5. The van der Waals surface area contributed by atoms with E-state index in [4.69, 9.17) is 0 Å². The van der Waals surface area contributed by atoms with Crippen molar-refractivity contribution in [1.82, 2.24) is 0 Å². The van der Waals surface area contributed by atoms with Gasteiger partial charge in [0.25, 0.3) is 0 Å². The van der Waals surface area contributed by atoms with E-state index in [1.165, 1.54) is 37.0 Å². The SMILES string of the molecule is CCP(CC)CC.CCP(CC)CC.[I-].[I-].[Ni+2]. The normalized spacial score (nSPS) is 8.47. The Balaban J connectivity index is -0.0000000480. The van der Waals surface area contributed by atoms with E-state index in [-0.39, 0.29) is 64.4 Å². The van der Waals surface area contributed by atoms with Crippen molar-refractivity contribution in [2.75, 3.05) is 37.0 Å². The van der Waals surface area contributed by atoms with Crippen LogP contribution >= 0.6 is 15.8 Å². The number of rotatable bonds is 6. The van der Waals surface area contributed by atoms with Gasteiger partial charge in [0, 0.05) is 0 Å². The van der Waals surface area contributed by atoms with E-state index >= 15 is 0 Å². The number of hydrogen-bond acceptors (Lipinski definition) is 0. The van der Waals surface area contributed by atoms with E-state index in [1.807, 2.05) is 0 Å². The van der Waals surface area contributed by atoms with Gasteiger partial charge in [-0.25, -0.2) is 0 Å². The molecule has 0 nitrogen and oxygen atoms in total. The van der Waals surface area contributed by atoms with Crippen LogP contribution in [0.2, 0.25) is 0 Å². The first-order chi connectivity index (χ1) is 6.69. The van der Waals surface area contributed by atoms with Gasteiger partial charge in [0.15, 0.2) is 0 Å². The minimum Gasteiger partial charge on any atom is -1.00 e. The molecule has 17 heavy (non-hydrogen) atoms. The maximum absolute atomic E-state index is 2.29. The zero-order valence-electron chi connectivity index (χ0n) is 12.2. The fourth-order valence-corrected chi connectivity index (χ4v) is 4.02. The maximum Gasteiger partial charge on any atom is 2.00 e. The van der Waals surface area contributed by atoms with Crippen molar-refractivity contribution >= 4 is 15.8 Å². The smallest absolute Gasteiger partial charge is 1.00 e. The van der Waals surface area contributed by atoms with Crippen molar-refractivity contribution < 1.29 is 64.4 Å². The molecule has 5 heteroatoms. The first-order valence-corrected chi connectivity index (χ1v) is 9.93. The Morgan fingerprint density at radius 3 is 0.588 bits per heavy atom. The second kappa shape index (κ2) is 27.2. The molecule has 112 valence electrons. The van der Waals surface area contributed by atoms with Crippen molar-refractivity contribution in [2.24, 2.45) is 0 Å². The van der Waals surface area contributed by atoms with Gasteiger partial charge < -0.3 is 48.0 Å². The van der Waals surface area contributed by atoms with Crippen molar-refractivity contribution in [2.45, 2.75) is 41.5 Å². The molecule has 0 N–H and O–H groups in total. The summed E-state index contributed by atoms with van der Waals surface area (Å²) < 4.78 is 0. The molecule has 0 amide bonds. The van der Waals surface area contributed by atoms with Gasteiger partial charge in [-0.3, -0.25) is 0 Å². The van der Waals surface area contributed by atoms with E-state index in [1.54, 1.807) is 0 Å². The van der Waals surface area contributed by atoms with Gasteiger partial charge >= 0.3 is 16.5 Å². The Morgan fingerprint density at radius 1 is 0.471 bits per heavy atom. The molecule has 0 aromatic heterocycles. The van der Waals surface area contributed by atoms with E-state index in [9.17, 15) is 0 Å². The van der Waals surface area contributed by atoms with Crippen LogP contribution in [0.4, 0.5) is 0 Å². The monoisotopic (exact) mass is 548 g/mol. The summed E-state index contributed by atoms with van der Waals surface area (Å²) in [4.78, 5) is 0. The molecule has 0 aliphatic heterocycles. The minimum atomic E-state index is 0. The molecular formula is C12H30I2NiP2. The summed E-state index contributed by atoms with van der Waals surface area (Å²) in [5.41, 5.74) is 0. The van der Waals surface area contributed by atoms with Crippen LogP contribution in [0.5, 0.6) is 0 Å². The van der Waals surface area contributed by atoms with Crippen molar-refractivity contribution in [1.29, 1.82) is 0 Å². The molecular weight excluding hydrogens is 519 g/mol. The predicted octanol–water partition coefficient (Wildman–Crippen LogP) is -0.938. The fraction of sp³-hybridized carbons (Fsp3) is 1.00. The Morgan fingerprint density at radius 2 is 0.588 bits per heavy atom. The first kappa shape index (κ1) is 32.0. The summed E-state index contributed by atoms with van der Waals surface area (Å²) >= 11 is 0. The van der Waals surface area contributed by atoms with Gasteiger partial charge in [0.05, 0.1) is 0 Å². The summed E-state index contributed by atoms with van der Waals surface area (Å²) in [7, 11) is 0.892. The zero-order valence-corrected chi connectivity index (χ0v) is 19.3. The Kier molecular flexibility index (Phi) is 51.1. The summed E-state index contributed by atoms with van der Waals surface area (Å²) in [5.74, 6) is 0. The molecule has 0 aromatic carbocycles. The fourth-order valence-electron chi connectivity index (χ4n) is 1.34. The predicted molar refractivity (Wildman–Crippen MR) is 77.1 cm³/mol. The third-order valence-corrected chi connectivity index (χ3v) is 8.05. The second-order valence-electron chi connectivity index (χ2n) is 3.24. The Labute approximate surface area is 157 Å². The molecule has 0 aromatic rings. The van der Waals surface area contributed by atoms with Crippen molar-refractivity contribution in [3.8, 4) is 0 Å². The van der Waals surface area contributed by atoms with Crippen LogP contribution in [0.15, 0.2) is 0 Å². The maximum atomic E-state index is 2.29. The number of halogens is 2. The van der Waals surface area contributed by atoms with Crippen LogP contribution in [0.3, 0.4) is 0 Å². The average Bonchev–Trinajstić information content (AvgIpc) is 2.24. The third-order valence-electron chi connectivity index (χ3n) is 2.68. The third kappa shape index (κ3) is 24.2. The summed E-state index contributed by atoms with van der Waals surface area (Å²) in [6, 6.07) is 0. The molecule has 0 saturated heterocycles. The molecule has 0 atom stereocenters. The van der Waals surface area contributed by atoms with Gasteiger partial charge in [-0.05, 0) is 37.0 Å². The van der Waals surface area contributed by atoms with Crippen LogP contribution in [-0.2, 0) is 16.5 Å². The molecule has 0 rings (SSSR count). The summed E-state index contributed by atoms with van der Waals surface area (Å²) in [6.07, 6.45) is 8.51. The largest absolute Gasteiger partial charge is 2.00 e. The van der Waals surface area contributed by atoms with Gasteiger partial charge in [-0.2, -0.15) is 0 Å². The zero-order chi connectivity index (χ0) is 11.4. The van der Waals surface area contributed by atoms with Gasteiger partial charge in [-0.15, -0.1) is 15.8 Å². The van der Waals surface area contributed by atoms with Gasteiger partial charge in [0.1, 0.15) is 0 Å². The molecule has 0 aliphatic carbocycles. The van der Waals surface area contributed by atoms with Crippen LogP contribution in [-0.4, -0.2) is 37.0 Å². The molecule has 0 spiro atoms. The average molecular weight is 549 g/mol. The summed E-state index contributed by atoms with van der Waals surface area (Å²) in [6.45, 7) is 13.7. The minimum absolute atomic E-state index is 0. The topological polar surface area (TPSA) is 0 Å². The van der Waals surface area contributed by atoms with Gasteiger partial charge in [-0.1, -0.05) is 41.5 Å². The quantitative estimate of drug-likeness (QED) is 0.229. The molecule has 0 unspecified atom stereocenters.